The lowest BCUT2D eigenvalue weighted by atomic mass is 10.2. The van der Waals surface area contributed by atoms with Gasteiger partial charge in [0.1, 0.15) is 5.82 Å². The summed E-state index contributed by atoms with van der Waals surface area (Å²) in [5, 5.41) is 3.75. The summed E-state index contributed by atoms with van der Waals surface area (Å²) in [6.07, 6.45) is 0.829. The van der Waals surface area contributed by atoms with E-state index in [4.69, 9.17) is 11.6 Å². The smallest absolute Gasteiger partial charge is 0.162 e. The van der Waals surface area contributed by atoms with E-state index in [1.165, 1.54) is 0 Å². The molecule has 3 nitrogen and oxygen atoms in total. The molecule has 1 aromatic heterocycles. The van der Waals surface area contributed by atoms with E-state index in [0.29, 0.717) is 10.8 Å². The standard InChI is InChI=1S/C13H12Br2ClN3/c1-3-10-11(15)13(17-2)19-12(18-10)8-5-4-7(16)6-9(8)14/h4-6H,3H2,1-2H3,(H,17,18,19). The van der Waals surface area contributed by atoms with Crippen molar-refractivity contribution in [1.82, 2.24) is 9.97 Å². The molecule has 0 radical (unpaired) electrons. The van der Waals surface area contributed by atoms with Crippen LogP contribution in [0.5, 0.6) is 0 Å². The van der Waals surface area contributed by atoms with Crippen molar-refractivity contribution in [2.24, 2.45) is 0 Å². The fraction of sp³-hybridized carbons (Fsp3) is 0.231. The zero-order valence-electron chi connectivity index (χ0n) is 10.5. The van der Waals surface area contributed by atoms with Crippen LogP contribution in [0.1, 0.15) is 12.6 Å². The quantitative estimate of drug-likeness (QED) is 0.787. The van der Waals surface area contributed by atoms with Crippen LogP contribution in [-0.2, 0) is 6.42 Å². The Labute approximate surface area is 134 Å². The van der Waals surface area contributed by atoms with Gasteiger partial charge in [-0.3, -0.25) is 0 Å². The van der Waals surface area contributed by atoms with Gasteiger partial charge in [0.2, 0.25) is 0 Å². The molecule has 0 saturated heterocycles. The van der Waals surface area contributed by atoms with Gasteiger partial charge in [-0.15, -0.1) is 0 Å². The molecule has 0 unspecified atom stereocenters. The molecule has 0 fully saturated rings. The van der Waals surface area contributed by atoms with Crippen molar-refractivity contribution in [2.45, 2.75) is 13.3 Å². The number of hydrogen-bond acceptors (Lipinski definition) is 3. The molecular weight excluding hydrogens is 393 g/mol. The number of benzene rings is 1. The third kappa shape index (κ3) is 3.09. The molecule has 0 atom stereocenters. The van der Waals surface area contributed by atoms with E-state index < -0.39 is 0 Å². The lowest BCUT2D eigenvalue weighted by Crippen LogP contribution is -2.03. The summed E-state index contributed by atoms with van der Waals surface area (Å²) in [5.41, 5.74) is 1.89. The Morgan fingerprint density at radius 3 is 2.58 bits per heavy atom. The number of aromatic nitrogens is 2. The largest absolute Gasteiger partial charge is 0.372 e. The highest BCUT2D eigenvalue weighted by Gasteiger charge is 2.13. The number of aryl methyl sites for hydroxylation is 1. The minimum Gasteiger partial charge on any atom is -0.372 e. The molecule has 1 heterocycles. The van der Waals surface area contributed by atoms with Crippen molar-refractivity contribution in [1.29, 1.82) is 0 Å². The van der Waals surface area contributed by atoms with Gasteiger partial charge in [-0.25, -0.2) is 9.97 Å². The number of rotatable bonds is 3. The first-order valence-electron chi connectivity index (χ1n) is 5.76. The van der Waals surface area contributed by atoms with Crippen LogP contribution in [0.25, 0.3) is 11.4 Å². The van der Waals surface area contributed by atoms with E-state index in [2.05, 4.69) is 54.1 Å². The lowest BCUT2D eigenvalue weighted by molar-refractivity contribution is 0.991. The number of hydrogen-bond donors (Lipinski definition) is 1. The summed E-state index contributed by atoms with van der Waals surface area (Å²) in [6, 6.07) is 5.58. The van der Waals surface area contributed by atoms with Crippen LogP contribution in [0.15, 0.2) is 27.1 Å². The topological polar surface area (TPSA) is 37.8 Å². The van der Waals surface area contributed by atoms with Gasteiger partial charge >= 0.3 is 0 Å². The maximum absolute atomic E-state index is 5.96. The van der Waals surface area contributed by atoms with Gasteiger partial charge in [0.25, 0.3) is 0 Å². The van der Waals surface area contributed by atoms with Gasteiger partial charge in [0, 0.05) is 22.1 Å². The normalized spacial score (nSPS) is 10.6. The second-order valence-electron chi connectivity index (χ2n) is 3.88. The Kier molecular flexibility index (Phi) is 4.81. The van der Waals surface area contributed by atoms with Crippen molar-refractivity contribution in [3.05, 3.63) is 37.9 Å². The highest BCUT2D eigenvalue weighted by Crippen LogP contribution is 2.32. The molecule has 100 valence electrons. The molecule has 19 heavy (non-hydrogen) atoms. The first-order chi connectivity index (χ1) is 9.06. The molecule has 0 spiro atoms. The average Bonchev–Trinajstić information content (AvgIpc) is 2.39. The van der Waals surface area contributed by atoms with Gasteiger partial charge < -0.3 is 5.32 Å². The maximum atomic E-state index is 5.96. The Hall–Kier alpha value is -0.650. The van der Waals surface area contributed by atoms with Gasteiger partial charge in [0.05, 0.1) is 10.2 Å². The van der Waals surface area contributed by atoms with Crippen molar-refractivity contribution in [3.8, 4) is 11.4 Å². The van der Waals surface area contributed by atoms with Crippen LogP contribution >= 0.6 is 43.5 Å². The molecule has 0 amide bonds. The summed E-state index contributed by atoms with van der Waals surface area (Å²) < 4.78 is 1.79. The molecule has 0 aliphatic heterocycles. The molecule has 2 aromatic rings. The van der Waals surface area contributed by atoms with Crippen LogP contribution < -0.4 is 5.32 Å². The molecule has 0 saturated carbocycles. The number of anilines is 1. The van der Waals surface area contributed by atoms with E-state index in [-0.39, 0.29) is 0 Å². The van der Waals surface area contributed by atoms with E-state index in [1.807, 2.05) is 25.2 Å². The van der Waals surface area contributed by atoms with Crippen molar-refractivity contribution in [2.75, 3.05) is 12.4 Å². The zero-order valence-corrected chi connectivity index (χ0v) is 14.4. The van der Waals surface area contributed by atoms with Crippen LogP contribution in [0.3, 0.4) is 0 Å². The highest BCUT2D eigenvalue weighted by atomic mass is 79.9. The number of nitrogens with zero attached hydrogens (tertiary/aromatic N) is 2. The monoisotopic (exact) mass is 403 g/mol. The fourth-order valence-electron chi connectivity index (χ4n) is 1.68. The summed E-state index contributed by atoms with van der Waals surface area (Å²) in [7, 11) is 1.84. The molecular formula is C13H12Br2ClN3. The summed E-state index contributed by atoms with van der Waals surface area (Å²) in [4.78, 5) is 9.11. The maximum Gasteiger partial charge on any atom is 0.162 e. The molecule has 6 heteroatoms. The molecule has 1 N–H and O–H groups in total. The third-order valence-corrected chi connectivity index (χ3v) is 4.39. The summed E-state index contributed by atoms with van der Waals surface area (Å²) >= 11 is 13.0. The van der Waals surface area contributed by atoms with Crippen LogP contribution in [0.4, 0.5) is 5.82 Å². The number of nitrogens with one attached hydrogen (secondary N) is 1. The van der Waals surface area contributed by atoms with Crippen LogP contribution in [-0.4, -0.2) is 17.0 Å². The van der Waals surface area contributed by atoms with E-state index >= 15 is 0 Å². The summed E-state index contributed by atoms with van der Waals surface area (Å²) in [5.74, 6) is 1.46. The Balaban J connectivity index is 2.62. The van der Waals surface area contributed by atoms with E-state index in [1.54, 1.807) is 0 Å². The number of halogens is 3. The zero-order chi connectivity index (χ0) is 14.0. The SMILES string of the molecule is CCc1nc(-c2ccc(Cl)cc2Br)nc(NC)c1Br. The first-order valence-corrected chi connectivity index (χ1v) is 7.72. The molecule has 0 aliphatic rings. The van der Waals surface area contributed by atoms with Gasteiger partial charge in [-0.2, -0.15) is 0 Å². The predicted molar refractivity (Wildman–Crippen MR) is 86.8 cm³/mol. The van der Waals surface area contributed by atoms with Crippen molar-refractivity contribution < 1.29 is 0 Å². The van der Waals surface area contributed by atoms with Gasteiger partial charge in [0.15, 0.2) is 5.82 Å². The van der Waals surface area contributed by atoms with Crippen molar-refractivity contribution >= 4 is 49.3 Å². The Bertz CT molecular complexity index is 592. The fourth-order valence-corrected chi connectivity index (χ4v) is 3.20. The minimum absolute atomic E-state index is 0.674. The molecule has 0 bridgehead atoms. The lowest BCUT2D eigenvalue weighted by Gasteiger charge is -2.11. The summed E-state index contributed by atoms with van der Waals surface area (Å²) in [6.45, 7) is 2.06. The van der Waals surface area contributed by atoms with E-state index in [0.717, 1.165) is 32.4 Å². The average molecular weight is 406 g/mol. The second kappa shape index (κ2) is 6.20. The Morgan fingerprint density at radius 2 is 2.00 bits per heavy atom. The minimum atomic E-state index is 0.674. The molecule has 1 aromatic carbocycles. The predicted octanol–water partition coefficient (Wildman–Crippen LogP) is 4.93. The second-order valence-corrected chi connectivity index (χ2v) is 5.97. The van der Waals surface area contributed by atoms with Crippen LogP contribution in [0, 0.1) is 0 Å². The highest BCUT2D eigenvalue weighted by molar-refractivity contribution is 9.11. The van der Waals surface area contributed by atoms with Crippen LogP contribution in [0.2, 0.25) is 5.02 Å². The molecule has 2 rings (SSSR count). The first kappa shape index (κ1) is 14.8. The third-order valence-electron chi connectivity index (χ3n) is 2.66. The Morgan fingerprint density at radius 1 is 1.26 bits per heavy atom. The van der Waals surface area contributed by atoms with Gasteiger partial charge in [-0.1, -0.05) is 18.5 Å². The van der Waals surface area contributed by atoms with E-state index in [9.17, 15) is 0 Å². The van der Waals surface area contributed by atoms with Gasteiger partial charge in [-0.05, 0) is 56.5 Å². The molecule has 0 aliphatic carbocycles. The van der Waals surface area contributed by atoms with Crippen molar-refractivity contribution in [3.63, 3.8) is 0 Å².